The summed E-state index contributed by atoms with van der Waals surface area (Å²) in [7, 11) is 0. The lowest BCUT2D eigenvalue weighted by Gasteiger charge is -2.18. The molecule has 0 aliphatic rings. The van der Waals surface area contributed by atoms with E-state index >= 15 is 0 Å². The number of hydrogen-bond acceptors (Lipinski definition) is 4. The Balaban J connectivity index is 3.07. The van der Waals surface area contributed by atoms with Crippen molar-refractivity contribution in [3.05, 3.63) is 24.8 Å². The van der Waals surface area contributed by atoms with E-state index in [4.69, 9.17) is 10.2 Å². The summed E-state index contributed by atoms with van der Waals surface area (Å²) < 4.78 is 1.73. The second-order valence-electron chi connectivity index (χ2n) is 3.90. The van der Waals surface area contributed by atoms with E-state index in [1.165, 1.54) is 6.21 Å². The van der Waals surface area contributed by atoms with Crippen LogP contribution in [0, 0.1) is 7.14 Å². The van der Waals surface area contributed by atoms with Crippen molar-refractivity contribution < 1.29 is 15.3 Å². The highest BCUT2D eigenvalue weighted by Crippen LogP contribution is 2.26. The average molecular weight is 461 g/mol. The highest BCUT2D eigenvalue weighted by Gasteiger charge is 2.20. The SMILES string of the molecule is CC(CO)(CO)N=Cc1cc(I)cc(I)c1O. The zero-order valence-corrected chi connectivity index (χ0v) is 13.5. The monoisotopic (exact) mass is 461 g/mol. The van der Waals surface area contributed by atoms with Gasteiger partial charge in [0.25, 0.3) is 0 Å². The number of aliphatic imine (C=N–C) groups is 1. The van der Waals surface area contributed by atoms with E-state index < -0.39 is 5.54 Å². The van der Waals surface area contributed by atoms with Crippen LogP contribution in [0.25, 0.3) is 0 Å². The summed E-state index contributed by atoms with van der Waals surface area (Å²) in [5, 5.41) is 28.0. The van der Waals surface area contributed by atoms with Gasteiger partial charge in [0.05, 0.1) is 16.8 Å². The van der Waals surface area contributed by atoms with Gasteiger partial charge in [-0.3, -0.25) is 4.99 Å². The molecule has 0 amide bonds. The lowest BCUT2D eigenvalue weighted by atomic mass is 10.1. The molecule has 0 aliphatic heterocycles. The summed E-state index contributed by atoms with van der Waals surface area (Å²) in [5.41, 5.74) is -0.339. The number of aliphatic hydroxyl groups excluding tert-OH is 2. The van der Waals surface area contributed by atoms with Crippen LogP contribution in [-0.2, 0) is 0 Å². The summed E-state index contributed by atoms with van der Waals surface area (Å²) >= 11 is 4.19. The van der Waals surface area contributed by atoms with Crippen molar-refractivity contribution in [2.75, 3.05) is 13.2 Å². The van der Waals surface area contributed by atoms with Crippen molar-refractivity contribution in [1.29, 1.82) is 0 Å². The van der Waals surface area contributed by atoms with Crippen molar-refractivity contribution in [3.8, 4) is 5.75 Å². The van der Waals surface area contributed by atoms with Gasteiger partial charge in [0.2, 0.25) is 0 Å². The molecule has 94 valence electrons. The van der Waals surface area contributed by atoms with Gasteiger partial charge < -0.3 is 15.3 Å². The Hall–Kier alpha value is 0.0700. The van der Waals surface area contributed by atoms with Crippen molar-refractivity contribution in [2.45, 2.75) is 12.5 Å². The Morgan fingerprint density at radius 3 is 2.41 bits per heavy atom. The molecule has 0 atom stereocenters. The van der Waals surface area contributed by atoms with Gasteiger partial charge in [0.15, 0.2) is 0 Å². The van der Waals surface area contributed by atoms with E-state index in [0.717, 1.165) is 7.14 Å². The van der Waals surface area contributed by atoms with Crippen LogP contribution in [0.2, 0.25) is 0 Å². The van der Waals surface area contributed by atoms with Gasteiger partial charge >= 0.3 is 0 Å². The fourth-order valence-corrected chi connectivity index (χ4v) is 2.93. The summed E-state index contributed by atoms with van der Waals surface area (Å²) in [4.78, 5) is 4.11. The summed E-state index contributed by atoms with van der Waals surface area (Å²) in [5.74, 6) is 0.160. The number of phenols is 1. The summed E-state index contributed by atoms with van der Waals surface area (Å²) in [6.07, 6.45) is 1.48. The van der Waals surface area contributed by atoms with E-state index in [9.17, 15) is 5.11 Å². The van der Waals surface area contributed by atoms with E-state index in [2.05, 4.69) is 27.6 Å². The normalized spacial score (nSPS) is 12.3. The molecule has 3 N–H and O–H groups in total. The Bertz CT molecular complexity index is 431. The minimum atomic E-state index is -0.918. The number of aliphatic hydroxyl groups is 2. The molecule has 0 saturated heterocycles. The molecule has 17 heavy (non-hydrogen) atoms. The first-order valence-electron chi connectivity index (χ1n) is 4.87. The quantitative estimate of drug-likeness (QED) is 0.473. The average Bonchev–Trinajstić information content (AvgIpc) is 2.31. The summed E-state index contributed by atoms with van der Waals surface area (Å²) in [6.45, 7) is 1.14. The third-order valence-electron chi connectivity index (χ3n) is 2.25. The number of nitrogens with zero attached hydrogens (tertiary/aromatic N) is 1. The molecule has 0 spiro atoms. The van der Waals surface area contributed by atoms with Gasteiger partial charge in [0.1, 0.15) is 11.3 Å². The van der Waals surface area contributed by atoms with Gasteiger partial charge in [-0.15, -0.1) is 0 Å². The van der Waals surface area contributed by atoms with E-state index in [1.807, 2.05) is 28.7 Å². The minimum absolute atomic E-state index is 0.160. The molecule has 6 heteroatoms. The molecule has 0 aromatic heterocycles. The van der Waals surface area contributed by atoms with Crippen LogP contribution in [-0.4, -0.2) is 40.3 Å². The van der Waals surface area contributed by atoms with Crippen LogP contribution >= 0.6 is 45.2 Å². The fraction of sp³-hybridized carbons (Fsp3) is 0.364. The number of hydrogen-bond donors (Lipinski definition) is 3. The standard InChI is InChI=1S/C11H13I2NO3/c1-11(5-15,6-16)14-4-7-2-8(12)3-9(13)10(7)17/h2-4,15-17H,5-6H2,1H3. The predicted molar refractivity (Wildman–Crippen MR) is 83.7 cm³/mol. The second kappa shape index (κ2) is 6.30. The van der Waals surface area contributed by atoms with Crippen LogP contribution in [0.1, 0.15) is 12.5 Å². The smallest absolute Gasteiger partial charge is 0.137 e. The molecule has 1 rings (SSSR count). The first-order valence-corrected chi connectivity index (χ1v) is 7.02. The van der Waals surface area contributed by atoms with Crippen LogP contribution < -0.4 is 0 Å². The van der Waals surface area contributed by atoms with Crippen molar-refractivity contribution in [2.24, 2.45) is 4.99 Å². The number of phenolic OH excluding ortho intramolecular Hbond substituents is 1. The van der Waals surface area contributed by atoms with Crippen LogP contribution in [0.15, 0.2) is 17.1 Å². The highest BCUT2D eigenvalue weighted by atomic mass is 127. The maximum atomic E-state index is 9.84. The Kier molecular flexibility index (Phi) is 5.61. The third kappa shape index (κ3) is 4.04. The van der Waals surface area contributed by atoms with Gasteiger partial charge in [-0.25, -0.2) is 0 Å². The Morgan fingerprint density at radius 1 is 1.29 bits per heavy atom. The summed E-state index contributed by atoms with van der Waals surface area (Å²) in [6, 6.07) is 3.64. The number of benzene rings is 1. The lowest BCUT2D eigenvalue weighted by Crippen LogP contribution is -2.31. The zero-order chi connectivity index (χ0) is 13.1. The van der Waals surface area contributed by atoms with Gasteiger partial charge in [-0.2, -0.15) is 0 Å². The van der Waals surface area contributed by atoms with Gasteiger partial charge in [-0.1, -0.05) is 0 Å². The molecule has 0 fully saturated rings. The molecule has 0 aliphatic carbocycles. The predicted octanol–water partition coefficient (Wildman–Crippen LogP) is 1.76. The first kappa shape index (κ1) is 15.1. The van der Waals surface area contributed by atoms with Crippen molar-refractivity contribution >= 4 is 51.4 Å². The molecule has 0 bridgehead atoms. The number of rotatable bonds is 4. The van der Waals surface area contributed by atoms with Crippen LogP contribution in [0.4, 0.5) is 0 Å². The molecule has 4 nitrogen and oxygen atoms in total. The van der Waals surface area contributed by atoms with Gasteiger partial charge in [0, 0.05) is 15.3 Å². The maximum absolute atomic E-state index is 9.84. The Morgan fingerprint density at radius 2 is 1.88 bits per heavy atom. The Labute approximate surface area is 127 Å². The van der Waals surface area contributed by atoms with Crippen LogP contribution in [0.3, 0.4) is 0 Å². The van der Waals surface area contributed by atoms with Crippen molar-refractivity contribution in [3.63, 3.8) is 0 Å². The van der Waals surface area contributed by atoms with E-state index in [1.54, 1.807) is 13.0 Å². The fourth-order valence-electron chi connectivity index (χ4n) is 1.04. The zero-order valence-electron chi connectivity index (χ0n) is 9.19. The first-order chi connectivity index (χ1) is 7.91. The van der Waals surface area contributed by atoms with Gasteiger partial charge in [-0.05, 0) is 64.2 Å². The maximum Gasteiger partial charge on any atom is 0.137 e. The van der Waals surface area contributed by atoms with E-state index in [-0.39, 0.29) is 19.0 Å². The molecule has 0 unspecified atom stereocenters. The molecular formula is C11H13I2NO3. The van der Waals surface area contributed by atoms with Crippen molar-refractivity contribution in [1.82, 2.24) is 0 Å². The third-order valence-corrected chi connectivity index (χ3v) is 3.70. The number of halogens is 2. The lowest BCUT2D eigenvalue weighted by molar-refractivity contribution is 0.136. The molecular weight excluding hydrogens is 448 g/mol. The molecule has 1 aromatic carbocycles. The van der Waals surface area contributed by atoms with Crippen LogP contribution in [0.5, 0.6) is 5.75 Å². The van der Waals surface area contributed by atoms with E-state index in [0.29, 0.717) is 5.56 Å². The molecule has 0 heterocycles. The largest absolute Gasteiger partial charge is 0.506 e. The molecule has 0 saturated carbocycles. The minimum Gasteiger partial charge on any atom is -0.506 e. The second-order valence-corrected chi connectivity index (χ2v) is 6.30. The molecule has 0 radical (unpaired) electrons. The highest BCUT2D eigenvalue weighted by molar-refractivity contribution is 14.1. The topological polar surface area (TPSA) is 73.0 Å². The number of aromatic hydroxyl groups is 1. The molecule has 1 aromatic rings.